The van der Waals surface area contributed by atoms with E-state index in [9.17, 15) is 4.79 Å². The van der Waals surface area contributed by atoms with Crippen LogP contribution in [0.25, 0.3) is 0 Å². The van der Waals surface area contributed by atoms with Gasteiger partial charge in [-0.3, -0.25) is 9.78 Å². The van der Waals surface area contributed by atoms with Crippen molar-refractivity contribution >= 4 is 29.7 Å². The molecule has 0 saturated heterocycles. The first-order chi connectivity index (χ1) is 14.1. The topological polar surface area (TPSA) is 130 Å². The van der Waals surface area contributed by atoms with Gasteiger partial charge in [-0.05, 0) is 24.3 Å². The van der Waals surface area contributed by atoms with E-state index in [-0.39, 0.29) is 17.5 Å². The predicted molar refractivity (Wildman–Crippen MR) is 110 cm³/mol. The van der Waals surface area contributed by atoms with E-state index >= 15 is 0 Å². The smallest absolute Gasteiger partial charge is 0.264 e. The van der Waals surface area contributed by atoms with Gasteiger partial charge in [0.15, 0.2) is 17.3 Å². The molecule has 0 bridgehead atoms. The molecule has 3 aromatic rings. The normalized spacial score (nSPS) is 10.8. The number of anilines is 1. The first-order valence-corrected chi connectivity index (χ1v) is 9.38. The summed E-state index contributed by atoms with van der Waals surface area (Å²) >= 11 is 1.16. The van der Waals surface area contributed by atoms with E-state index in [1.54, 1.807) is 42.9 Å². The largest absolute Gasteiger partial charge is 0.493 e. The van der Waals surface area contributed by atoms with E-state index in [0.29, 0.717) is 22.2 Å². The first-order valence-electron chi connectivity index (χ1n) is 8.40. The van der Waals surface area contributed by atoms with Crippen molar-refractivity contribution in [3.8, 4) is 11.5 Å². The zero-order chi connectivity index (χ0) is 20.6. The van der Waals surface area contributed by atoms with Gasteiger partial charge in [0.05, 0.1) is 26.2 Å². The van der Waals surface area contributed by atoms with Crippen molar-refractivity contribution in [2.45, 2.75) is 5.16 Å². The van der Waals surface area contributed by atoms with Crippen LogP contribution in [-0.4, -0.2) is 51.8 Å². The summed E-state index contributed by atoms with van der Waals surface area (Å²) in [5.41, 5.74) is 4.02. The number of Topliss-reactive ketones (excluding diaryl/α,β-unsaturated/α-hetero) is 1. The molecule has 29 heavy (non-hydrogen) atoms. The van der Waals surface area contributed by atoms with E-state index in [0.717, 1.165) is 17.3 Å². The standard InChI is InChI=1S/C18H19N7O3S/c1-27-15-6-5-13(8-16(15)28-2)14(26)11-29-18-24-23-17(25(18)19)22-21-10-12-4-3-7-20-9-12/h3-10H,11,19H2,1-2H3,(H,22,23)/b21-10+. The minimum absolute atomic E-state index is 0.108. The molecule has 3 rings (SSSR count). The molecule has 10 nitrogen and oxygen atoms in total. The Bertz CT molecular complexity index is 1010. The molecule has 0 aliphatic heterocycles. The summed E-state index contributed by atoms with van der Waals surface area (Å²) in [5.74, 6) is 7.27. The molecule has 0 fully saturated rings. The highest BCUT2D eigenvalue weighted by molar-refractivity contribution is 7.99. The van der Waals surface area contributed by atoms with E-state index in [1.165, 1.54) is 18.9 Å². The van der Waals surface area contributed by atoms with Crippen LogP contribution in [0.15, 0.2) is 53.0 Å². The van der Waals surface area contributed by atoms with Crippen LogP contribution in [-0.2, 0) is 0 Å². The Hall–Kier alpha value is -3.60. The molecule has 11 heteroatoms. The van der Waals surface area contributed by atoms with Gasteiger partial charge in [-0.15, -0.1) is 10.2 Å². The molecule has 150 valence electrons. The number of hydrazone groups is 1. The van der Waals surface area contributed by atoms with Gasteiger partial charge < -0.3 is 15.3 Å². The Labute approximate surface area is 171 Å². The zero-order valence-corrected chi connectivity index (χ0v) is 16.6. The average Bonchev–Trinajstić information content (AvgIpc) is 3.11. The maximum atomic E-state index is 12.5. The fraction of sp³-hybridized carbons (Fsp3) is 0.167. The SMILES string of the molecule is COc1ccc(C(=O)CSc2nnc(N/N=C/c3cccnc3)n2N)cc1OC. The van der Waals surface area contributed by atoms with E-state index in [2.05, 4.69) is 25.7 Å². The average molecular weight is 413 g/mol. The number of aromatic nitrogens is 4. The van der Waals surface area contributed by atoms with Gasteiger partial charge in [0.25, 0.3) is 5.95 Å². The fourth-order valence-electron chi connectivity index (χ4n) is 2.29. The molecule has 0 unspecified atom stereocenters. The lowest BCUT2D eigenvalue weighted by atomic mass is 10.1. The number of hydrogen-bond donors (Lipinski definition) is 2. The van der Waals surface area contributed by atoms with E-state index in [4.69, 9.17) is 15.3 Å². The van der Waals surface area contributed by atoms with Crippen LogP contribution >= 0.6 is 11.8 Å². The van der Waals surface area contributed by atoms with E-state index < -0.39 is 0 Å². The molecule has 0 saturated carbocycles. The number of thioether (sulfide) groups is 1. The number of nitrogen functional groups attached to an aromatic ring is 1. The number of ether oxygens (including phenoxy) is 2. The Morgan fingerprint density at radius 1 is 1.28 bits per heavy atom. The minimum atomic E-state index is -0.108. The summed E-state index contributed by atoms with van der Waals surface area (Å²) in [6.45, 7) is 0. The predicted octanol–water partition coefficient (Wildman–Crippen LogP) is 1.83. The third-order valence-corrected chi connectivity index (χ3v) is 4.71. The molecule has 0 spiro atoms. The first kappa shape index (κ1) is 20.1. The summed E-state index contributed by atoms with van der Waals surface area (Å²) in [4.78, 5) is 16.5. The number of nitrogens with zero attached hydrogens (tertiary/aromatic N) is 5. The lowest BCUT2D eigenvalue weighted by Gasteiger charge is -2.09. The van der Waals surface area contributed by atoms with Crippen molar-refractivity contribution in [3.05, 3.63) is 53.9 Å². The molecule has 3 N–H and O–H groups in total. The van der Waals surface area contributed by atoms with Crippen molar-refractivity contribution in [1.82, 2.24) is 19.9 Å². The monoisotopic (exact) mass is 413 g/mol. The van der Waals surface area contributed by atoms with Gasteiger partial charge in [0.1, 0.15) is 0 Å². The quantitative estimate of drug-likeness (QED) is 0.177. The Kier molecular flexibility index (Phi) is 6.63. The number of hydrogen-bond acceptors (Lipinski definition) is 10. The summed E-state index contributed by atoms with van der Waals surface area (Å²) in [6, 6.07) is 8.65. The van der Waals surface area contributed by atoms with Crippen molar-refractivity contribution in [2.75, 3.05) is 31.2 Å². The molecule has 2 aromatic heterocycles. The number of rotatable bonds is 9. The molecule has 0 amide bonds. The number of pyridine rings is 1. The van der Waals surface area contributed by atoms with Crippen molar-refractivity contribution in [2.24, 2.45) is 5.10 Å². The second kappa shape index (κ2) is 9.55. The summed E-state index contributed by atoms with van der Waals surface area (Å²) in [6.07, 6.45) is 4.92. The summed E-state index contributed by atoms with van der Waals surface area (Å²) < 4.78 is 11.6. The van der Waals surface area contributed by atoms with Gasteiger partial charge in [-0.1, -0.05) is 17.8 Å². The number of nitrogens with two attached hydrogens (primary N) is 1. The van der Waals surface area contributed by atoms with Gasteiger partial charge in [-0.2, -0.15) is 5.10 Å². The molecule has 0 atom stereocenters. The second-order valence-electron chi connectivity index (χ2n) is 5.61. The number of methoxy groups -OCH3 is 2. The fourth-order valence-corrected chi connectivity index (χ4v) is 3.04. The van der Waals surface area contributed by atoms with Crippen LogP contribution in [0.3, 0.4) is 0 Å². The van der Waals surface area contributed by atoms with Crippen LogP contribution in [0.5, 0.6) is 11.5 Å². The maximum absolute atomic E-state index is 12.5. The van der Waals surface area contributed by atoms with Crippen LogP contribution in [0.4, 0.5) is 5.95 Å². The maximum Gasteiger partial charge on any atom is 0.264 e. The second-order valence-corrected chi connectivity index (χ2v) is 6.56. The Morgan fingerprint density at radius 2 is 2.10 bits per heavy atom. The van der Waals surface area contributed by atoms with Crippen LogP contribution in [0.1, 0.15) is 15.9 Å². The van der Waals surface area contributed by atoms with Crippen LogP contribution in [0, 0.1) is 0 Å². The zero-order valence-electron chi connectivity index (χ0n) is 15.8. The highest BCUT2D eigenvalue weighted by atomic mass is 32.2. The van der Waals surface area contributed by atoms with E-state index in [1.807, 2.05) is 6.07 Å². The number of carbonyl (C=O) groups is 1. The molecular weight excluding hydrogens is 394 g/mol. The number of benzene rings is 1. The van der Waals surface area contributed by atoms with Crippen molar-refractivity contribution < 1.29 is 14.3 Å². The van der Waals surface area contributed by atoms with Gasteiger partial charge in [-0.25, -0.2) is 10.1 Å². The third kappa shape index (κ3) is 5.02. The Balaban J connectivity index is 1.60. The lowest BCUT2D eigenvalue weighted by Crippen LogP contribution is -2.14. The van der Waals surface area contributed by atoms with Crippen molar-refractivity contribution in [3.63, 3.8) is 0 Å². The molecule has 0 radical (unpaired) electrons. The number of ketones is 1. The highest BCUT2D eigenvalue weighted by Crippen LogP contribution is 2.28. The molecule has 1 aromatic carbocycles. The minimum Gasteiger partial charge on any atom is -0.493 e. The summed E-state index contributed by atoms with van der Waals surface area (Å²) in [5, 5.41) is 12.3. The van der Waals surface area contributed by atoms with Crippen LogP contribution < -0.4 is 20.7 Å². The molecule has 0 aliphatic rings. The molecule has 2 heterocycles. The number of nitrogens with one attached hydrogen (secondary N) is 1. The highest BCUT2D eigenvalue weighted by Gasteiger charge is 2.15. The van der Waals surface area contributed by atoms with Crippen molar-refractivity contribution in [1.29, 1.82) is 0 Å². The van der Waals surface area contributed by atoms with Gasteiger partial charge in [0.2, 0.25) is 5.16 Å². The van der Waals surface area contributed by atoms with Gasteiger partial charge >= 0.3 is 0 Å². The lowest BCUT2D eigenvalue weighted by molar-refractivity contribution is 0.102. The van der Waals surface area contributed by atoms with Crippen LogP contribution in [0.2, 0.25) is 0 Å². The molecular formula is C18H19N7O3S. The summed E-state index contributed by atoms with van der Waals surface area (Å²) in [7, 11) is 3.05. The third-order valence-electron chi connectivity index (χ3n) is 3.77. The van der Waals surface area contributed by atoms with Gasteiger partial charge in [0, 0.05) is 23.5 Å². The molecule has 0 aliphatic carbocycles. The number of carbonyl (C=O) groups excluding carboxylic acids is 1. The Morgan fingerprint density at radius 3 is 2.83 bits per heavy atom.